The predicted molar refractivity (Wildman–Crippen MR) is 104 cm³/mol. The normalized spacial score (nSPS) is 15.2. The first-order chi connectivity index (χ1) is 14.7. The smallest absolute Gasteiger partial charge is 0.254 e. The SMILES string of the molecule is [2H]C([2H])([2H])NC(=O)c1cnc(NC(=O)C2CC2)cc1Nc1ccn2nccc2c1OC. The standard InChI is InChI=1S/C19H20N6O3/c1-20-19(27)12-10-21-16(24-18(26)11-3-4-11)9-14(12)23-13-6-8-25-15(5-7-22-25)17(13)28-2/h5-11H,3-4H2,1-2H3,(H,20,27)(H2,21,23,24,26)/i1D3. The molecule has 0 aliphatic heterocycles. The minimum atomic E-state index is -2.67. The van der Waals surface area contributed by atoms with Crippen LogP contribution in [0, 0.1) is 5.92 Å². The molecule has 1 saturated carbocycles. The summed E-state index contributed by atoms with van der Waals surface area (Å²) in [6.07, 6.45) is 6.21. The van der Waals surface area contributed by atoms with E-state index in [1.54, 1.807) is 29.0 Å². The molecular weight excluding hydrogens is 360 g/mol. The van der Waals surface area contributed by atoms with E-state index in [1.165, 1.54) is 19.4 Å². The molecule has 0 radical (unpaired) electrons. The second-order valence-electron chi connectivity index (χ2n) is 6.38. The number of fused-ring (bicyclic) bond motifs is 1. The molecule has 0 atom stereocenters. The molecule has 0 bridgehead atoms. The van der Waals surface area contributed by atoms with Gasteiger partial charge in [-0.3, -0.25) is 9.59 Å². The number of methoxy groups -OCH3 is 1. The van der Waals surface area contributed by atoms with Crippen LogP contribution >= 0.6 is 0 Å². The monoisotopic (exact) mass is 383 g/mol. The van der Waals surface area contributed by atoms with E-state index in [0.717, 1.165) is 12.8 Å². The van der Waals surface area contributed by atoms with Crippen LogP contribution in [-0.4, -0.2) is 40.5 Å². The maximum absolute atomic E-state index is 12.6. The Balaban J connectivity index is 1.72. The lowest BCUT2D eigenvalue weighted by Gasteiger charge is -2.16. The third-order valence-corrected chi connectivity index (χ3v) is 4.46. The zero-order valence-electron chi connectivity index (χ0n) is 18.0. The second kappa shape index (κ2) is 7.18. The summed E-state index contributed by atoms with van der Waals surface area (Å²) in [5.41, 5.74) is 1.46. The molecule has 3 aromatic rings. The zero-order valence-corrected chi connectivity index (χ0v) is 15.0. The first-order valence-electron chi connectivity index (χ1n) is 10.2. The van der Waals surface area contributed by atoms with Crippen molar-refractivity contribution in [3.05, 3.63) is 42.4 Å². The number of ether oxygens (including phenoxy) is 1. The topological polar surface area (TPSA) is 110 Å². The van der Waals surface area contributed by atoms with Gasteiger partial charge < -0.3 is 20.7 Å². The largest absolute Gasteiger partial charge is 0.492 e. The van der Waals surface area contributed by atoms with E-state index in [4.69, 9.17) is 8.85 Å². The lowest BCUT2D eigenvalue weighted by molar-refractivity contribution is -0.117. The van der Waals surface area contributed by atoms with Gasteiger partial charge in [-0.15, -0.1) is 0 Å². The number of pyridine rings is 2. The number of nitrogens with one attached hydrogen (secondary N) is 3. The molecule has 0 unspecified atom stereocenters. The molecule has 9 nitrogen and oxygen atoms in total. The molecule has 9 heteroatoms. The predicted octanol–water partition coefficient (Wildman–Crippen LogP) is 2.19. The molecule has 3 heterocycles. The summed E-state index contributed by atoms with van der Waals surface area (Å²) in [6, 6.07) is 4.95. The van der Waals surface area contributed by atoms with Crippen LogP contribution < -0.4 is 20.7 Å². The Kier molecular flexibility index (Phi) is 3.70. The van der Waals surface area contributed by atoms with E-state index in [-0.39, 0.29) is 28.9 Å². The Morgan fingerprint density at radius 1 is 1.32 bits per heavy atom. The van der Waals surface area contributed by atoms with Gasteiger partial charge in [-0.1, -0.05) is 0 Å². The van der Waals surface area contributed by atoms with Crippen molar-refractivity contribution in [1.82, 2.24) is 19.9 Å². The highest BCUT2D eigenvalue weighted by atomic mass is 16.5. The van der Waals surface area contributed by atoms with Crippen molar-refractivity contribution in [2.75, 3.05) is 24.7 Å². The van der Waals surface area contributed by atoms with E-state index in [9.17, 15) is 9.59 Å². The summed E-state index contributed by atoms with van der Waals surface area (Å²) in [5, 5.41) is 11.9. The van der Waals surface area contributed by atoms with Gasteiger partial charge in [0.1, 0.15) is 11.3 Å². The molecule has 3 aromatic heterocycles. The lowest BCUT2D eigenvalue weighted by atomic mass is 10.2. The quantitative estimate of drug-likeness (QED) is 0.602. The van der Waals surface area contributed by atoms with Gasteiger partial charge in [-0.25, -0.2) is 9.50 Å². The number of aromatic nitrogens is 3. The molecule has 0 spiro atoms. The number of hydrogen-bond donors (Lipinski definition) is 3. The number of amides is 2. The highest BCUT2D eigenvalue weighted by molar-refractivity contribution is 6.01. The third-order valence-electron chi connectivity index (χ3n) is 4.46. The first kappa shape index (κ1) is 14.4. The molecular formula is C19H20N6O3. The minimum absolute atomic E-state index is 0.00372. The van der Waals surface area contributed by atoms with Crippen LogP contribution in [-0.2, 0) is 4.79 Å². The number of nitrogens with zero attached hydrogens (tertiary/aromatic N) is 3. The number of hydrogen-bond acceptors (Lipinski definition) is 6. The number of carbonyl (C=O) groups is 2. The summed E-state index contributed by atoms with van der Waals surface area (Å²) >= 11 is 0. The van der Waals surface area contributed by atoms with Gasteiger partial charge in [0.25, 0.3) is 5.91 Å². The van der Waals surface area contributed by atoms with Gasteiger partial charge in [-0.2, -0.15) is 5.10 Å². The summed E-state index contributed by atoms with van der Waals surface area (Å²) in [7, 11) is 1.50. The van der Waals surface area contributed by atoms with Crippen molar-refractivity contribution >= 4 is 34.5 Å². The maximum atomic E-state index is 12.6. The van der Waals surface area contributed by atoms with Crippen LogP contribution in [0.5, 0.6) is 5.75 Å². The summed E-state index contributed by atoms with van der Waals surface area (Å²) in [6.45, 7) is -2.67. The average Bonchev–Trinajstić information content (AvgIpc) is 3.44. The van der Waals surface area contributed by atoms with Gasteiger partial charge in [0.15, 0.2) is 5.75 Å². The van der Waals surface area contributed by atoms with Crippen molar-refractivity contribution < 1.29 is 18.4 Å². The third kappa shape index (κ3) is 3.34. The van der Waals surface area contributed by atoms with Crippen LogP contribution in [0.4, 0.5) is 17.2 Å². The molecule has 3 N–H and O–H groups in total. The van der Waals surface area contributed by atoms with E-state index in [1.807, 2.05) is 5.32 Å². The van der Waals surface area contributed by atoms with Crippen LogP contribution in [0.15, 0.2) is 36.8 Å². The van der Waals surface area contributed by atoms with Gasteiger partial charge >= 0.3 is 0 Å². The van der Waals surface area contributed by atoms with Crippen molar-refractivity contribution in [2.45, 2.75) is 12.8 Å². The Morgan fingerprint density at radius 3 is 2.93 bits per heavy atom. The van der Waals surface area contributed by atoms with Gasteiger partial charge in [-0.05, 0) is 25.0 Å². The molecule has 1 fully saturated rings. The van der Waals surface area contributed by atoms with Crippen LogP contribution in [0.2, 0.25) is 0 Å². The van der Waals surface area contributed by atoms with Crippen LogP contribution in [0.1, 0.15) is 27.3 Å². The second-order valence-corrected chi connectivity index (χ2v) is 6.38. The fourth-order valence-corrected chi connectivity index (χ4v) is 2.88. The molecule has 4 rings (SSSR count). The van der Waals surface area contributed by atoms with Crippen molar-refractivity contribution in [3.8, 4) is 5.75 Å². The van der Waals surface area contributed by atoms with Crippen LogP contribution in [0.3, 0.4) is 0 Å². The Bertz CT molecular complexity index is 1160. The van der Waals surface area contributed by atoms with Crippen LogP contribution in [0.25, 0.3) is 5.52 Å². The number of rotatable bonds is 6. The van der Waals surface area contributed by atoms with E-state index in [0.29, 0.717) is 17.0 Å². The Hall–Kier alpha value is -3.62. The van der Waals surface area contributed by atoms with Gasteiger partial charge in [0, 0.05) is 35.5 Å². The minimum Gasteiger partial charge on any atom is -0.492 e. The molecule has 144 valence electrons. The highest BCUT2D eigenvalue weighted by Crippen LogP contribution is 2.34. The highest BCUT2D eigenvalue weighted by Gasteiger charge is 2.30. The molecule has 1 aliphatic carbocycles. The summed E-state index contributed by atoms with van der Waals surface area (Å²) < 4.78 is 29.0. The summed E-state index contributed by atoms with van der Waals surface area (Å²) in [4.78, 5) is 28.8. The van der Waals surface area contributed by atoms with Gasteiger partial charge in [0.2, 0.25) is 5.91 Å². The lowest BCUT2D eigenvalue weighted by Crippen LogP contribution is -2.20. The fraction of sp³-hybridized carbons (Fsp3) is 0.263. The van der Waals surface area contributed by atoms with Crippen molar-refractivity contribution in [1.29, 1.82) is 0 Å². The van der Waals surface area contributed by atoms with Crippen molar-refractivity contribution in [2.24, 2.45) is 5.92 Å². The average molecular weight is 383 g/mol. The maximum Gasteiger partial charge on any atom is 0.254 e. The molecule has 1 aliphatic rings. The first-order valence-corrected chi connectivity index (χ1v) is 8.66. The molecule has 2 amide bonds. The Labute approximate surface area is 165 Å². The van der Waals surface area contributed by atoms with E-state index in [2.05, 4.69) is 20.7 Å². The number of anilines is 3. The van der Waals surface area contributed by atoms with E-state index < -0.39 is 12.9 Å². The summed E-state index contributed by atoms with van der Waals surface area (Å²) in [5.74, 6) is -0.284. The number of carbonyl (C=O) groups excluding carboxylic acids is 2. The Morgan fingerprint density at radius 2 is 2.18 bits per heavy atom. The molecule has 28 heavy (non-hydrogen) atoms. The van der Waals surface area contributed by atoms with Gasteiger partial charge in [0.05, 0.1) is 30.2 Å². The zero-order chi connectivity index (χ0) is 22.2. The van der Waals surface area contributed by atoms with E-state index >= 15 is 0 Å². The van der Waals surface area contributed by atoms with Crippen molar-refractivity contribution in [3.63, 3.8) is 0 Å². The fourth-order valence-electron chi connectivity index (χ4n) is 2.88. The molecule has 0 aromatic carbocycles. The molecule has 0 saturated heterocycles.